The number of hydrogen-bond donors (Lipinski definition) is 1. The van der Waals surface area contributed by atoms with Crippen LogP contribution in [0.3, 0.4) is 0 Å². The Morgan fingerprint density at radius 1 is 1.18 bits per heavy atom. The Bertz CT molecular complexity index is 209. The van der Waals surface area contributed by atoms with Crippen molar-refractivity contribution in [2.24, 2.45) is 29.6 Å². The molecule has 1 heteroatoms. The Morgan fingerprint density at radius 3 is 2.55 bits per heavy atom. The average molecular weight is 150 g/mol. The molecule has 5 atom stereocenters. The third kappa shape index (κ3) is 0.610. The molecule has 11 heavy (non-hydrogen) atoms. The predicted octanol–water partition coefficient (Wildman–Crippen LogP) is 1.44. The SMILES string of the molecule is OC[C@H]1C[C@@H]2C[C@H]1[C@@H]1C=C[C@H]21. The van der Waals surface area contributed by atoms with Gasteiger partial charge in [0, 0.05) is 6.61 Å². The fourth-order valence-corrected chi connectivity index (χ4v) is 3.46. The maximum atomic E-state index is 9.09. The summed E-state index contributed by atoms with van der Waals surface area (Å²) in [5, 5.41) is 9.09. The van der Waals surface area contributed by atoms with Crippen LogP contribution in [0.1, 0.15) is 12.8 Å². The summed E-state index contributed by atoms with van der Waals surface area (Å²) in [4.78, 5) is 0. The molecule has 2 fully saturated rings. The van der Waals surface area contributed by atoms with Crippen LogP contribution in [0.25, 0.3) is 0 Å². The molecule has 1 nitrogen and oxygen atoms in total. The lowest BCUT2D eigenvalue weighted by atomic mass is 9.68. The van der Waals surface area contributed by atoms with Crippen LogP contribution in [0.5, 0.6) is 0 Å². The molecule has 0 spiro atoms. The zero-order valence-corrected chi connectivity index (χ0v) is 6.61. The highest BCUT2D eigenvalue weighted by Crippen LogP contribution is 2.59. The van der Waals surface area contributed by atoms with E-state index in [4.69, 9.17) is 5.11 Å². The van der Waals surface area contributed by atoms with Crippen molar-refractivity contribution in [2.75, 3.05) is 6.61 Å². The highest BCUT2D eigenvalue weighted by Gasteiger charge is 2.52. The van der Waals surface area contributed by atoms with Gasteiger partial charge in [0.1, 0.15) is 0 Å². The Morgan fingerprint density at radius 2 is 2.00 bits per heavy atom. The third-order valence-corrected chi connectivity index (χ3v) is 4.06. The van der Waals surface area contributed by atoms with Crippen LogP contribution in [-0.2, 0) is 0 Å². The van der Waals surface area contributed by atoms with Crippen molar-refractivity contribution in [1.29, 1.82) is 0 Å². The highest BCUT2D eigenvalue weighted by molar-refractivity contribution is 5.20. The minimum Gasteiger partial charge on any atom is -0.396 e. The number of fused-ring (bicyclic) bond motifs is 5. The normalized spacial score (nSPS) is 57.7. The molecule has 0 radical (unpaired) electrons. The van der Waals surface area contributed by atoms with Crippen LogP contribution in [0.4, 0.5) is 0 Å². The van der Waals surface area contributed by atoms with Crippen LogP contribution in [0, 0.1) is 29.6 Å². The summed E-state index contributed by atoms with van der Waals surface area (Å²) in [5.41, 5.74) is 0. The van der Waals surface area contributed by atoms with E-state index in [1.807, 2.05) is 0 Å². The maximum Gasteiger partial charge on any atom is 0.0462 e. The fraction of sp³-hybridized carbons (Fsp3) is 0.800. The molecule has 3 rings (SSSR count). The standard InChI is InChI=1S/C10H14O/c11-5-7-3-6-4-10(7)9-2-1-8(6)9/h1-2,6-11H,3-5H2/t6-,7-,8-,9-,10-/m1/s1. The number of hydrogen-bond acceptors (Lipinski definition) is 1. The average Bonchev–Trinajstić information content (AvgIpc) is 2.38. The predicted molar refractivity (Wildman–Crippen MR) is 42.9 cm³/mol. The van der Waals surface area contributed by atoms with Crippen molar-refractivity contribution in [2.45, 2.75) is 12.8 Å². The quantitative estimate of drug-likeness (QED) is 0.561. The van der Waals surface area contributed by atoms with Gasteiger partial charge in [0.25, 0.3) is 0 Å². The van der Waals surface area contributed by atoms with Crippen LogP contribution in [0.2, 0.25) is 0 Å². The molecule has 2 bridgehead atoms. The smallest absolute Gasteiger partial charge is 0.0462 e. The first-order valence-corrected chi connectivity index (χ1v) is 4.69. The van der Waals surface area contributed by atoms with Crippen molar-refractivity contribution in [3.05, 3.63) is 12.2 Å². The lowest BCUT2D eigenvalue weighted by molar-refractivity contribution is 0.130. The number of aliphatic hydroxyl groups excluding tert-OH is 1. The molecule has 3 aliphatic rings. The molecule has 0 saturated heterocycles. The first kappa shape index (κ1) is 6.24. The topological polar surface area (TPSA) is 20.2 Å². The molecular weight excluding hydrogens is 136 g/mol. The van der Waals surface area contributed by atoms with Gasteiger partial charge in [-0.1, -0.05) is 12.2 Å². The molecule has 1 N–H and O–H groups in total. The number of allylic oxidation sites excluding steroid dienone is 2. The summed E-state index contributed by atoms with van der Waals surface area (Å²) in [6.07, 6.45) is 7.43. The highest BCUT2D eigenvalue weighted by atomic mass is 16.3. The van der Waals surface area contributed by atoms with Gasteiger partial charge < -0.3 is 5.11 Å². The van der Waals surface area contributed by atoms with Gasteiger partial charge in [-0.25, -0.2) is 0 Å². The monoisotopic (exact) mass is 150 g/mol. The van der Waals surface area contributed by atoms with Crippen molar-refractivity contribution < 1.29 is 5.11 Å². The van der Waals surface area contributed by atoms with Crippen molar-refractivity contribution >= 4 is 0 Å². The van der Waals surface area contributed by atoms with Gasteiger partial charge in [0.05, 0.1) is 0 Å². The van der Waals surface area contributed by atoms with Gasteiger partial charge in [0.2, 0.25) is 0 Å². The maximum absolute atomic E-state index is 9.09. The van der Waals surface area contributed by atoms with Crippen LogP contribution < -0.4 is 0 Å². The van der Waals surface area contributed by atoms with E-state index in [1.165, 1.54) is 12.8 Å². The molecule has 3 aliphatic carbocycles. The Labute approximate surface area is 67.1 Å². The Hall–Kier alpha value is -0.300. The second-order valence-corrected chi connectivity index (χ2v) is 4.38. The molecule has 0 aromatic heterocycles. The fourth-order valence-electron chi connectivity index (χ4n) is 3.46. The van der Waals surface area contributed by atoms with E-state index in [2.05, 4.69) is 12.2 Å². The molecule has 0 unspecified atom stereocenters. The molecule has 60 valence electrons. The molecule has 0 aromatic carbocycles. The molecule has 0 aromatic rings. The summed E-state index contributed by atoms with van der Waals surface area (Å²) < 4.78 is 0. The van der Waals surface area contributed by atoms with E-state index in [0.717, 1.165) is 23.7 Å². The van der Waals surface area contributed by atoms with Crippen molar-refractivity contribution in [1.82, 2.24) is 0 Å². The van der Waals surface area contributed by atoms with E-state index in [9.17, 15) is 0 Å². The summed E-state index contributed by atoms with van der Waals surface area (Å²) in [5.74, 6) is 4.21. The number of rotatable bonds is 1. The zero-order valence-electron chi connectivity index (χ0n) is 6.61. The van der Waals surface area contributed by atoms with Gasteiger partial charge in [-0.05, 0) is 42.4 Å². The van der Waals surface area contributed by atoms with E-state index in [-0.39, 0.29) is 0 Å². The van der Waals surface area contributed by atoms with Gasteiger partial charge in [-0.15, -0.1) is 0 Å². The summed E-state index contributed by atoms with van der Waals surface area (Å²) in [6, 6.07) is 0. The van der Waals surface area contributed by atoms with E-state index < -0.39 is 0 Å². The largest absolute Gasteiger partial charge is 0.396 e. The summed E-state index contributed by atoms with van der Waals surface area (Å²) in [7, 11) is 0. The molecule has 0 aliphatic heterocycles. The third-order valence-electron chi connectivity index (χ3n) is 4.06. The molecule has 0 amide bonds. The Balaban J connectivity index is 1.88. The second-order valence-electron chi connectivity index (χ2n) is 4.38. The first-order valence-electron chi connectivity index (χ1n) is 4.69. The second kappa shape index (κ2) is 1.89. The minimum atomic E-state index is 0.429. The lowest BCUT2D eigenvalue weighted by Gasteiger charge is -2.37. The van der Waals surface area contributed by atoms with Crippen molar-refractivity contribution in [3.8, 4) is 0 Å². The van der Waals surface area contributed by atoms with Gasteiger partial charge >= 0.3 is 0 Å². The van der Waals surface area contributed by atoms with E-state index >= 15 is 0 Å². The molecular formula is C10H14O. The van der Waals surface area contributed by atoms with E-state index in [0.29, 0.717) is 12.5 Å². The minimum absolute atomic E-state index is 0.429. The first-order chi connectivity index (χ1) is 5.40. The molecule has 2 saturated carbocycles. The zero-order chi connectivity index (χ0) is 7.42. The van der Waals surface area contributed by atoms with Crippen LogP contribution in [-0.4, -0.2) is 11.7 Å². The van der Waals surface area contributed by atoms with Crippen LogP contribution in [0.15, 0.2) is 12.2 Å². The van der Waals surface area contributed by atoms with Gasteiger partial charge in [-0.3, -0.25) is 0 Å². The summed E-state index contributed by atoms with van der Waals surface area (Å²) in [6.45, 7) is 0.429. The van der Waals surface area contributed by atoms with Crippen LogP contribution >= 0.6 is 0 Å². The van der Waals surface area contributed by atoms with E-state index in [1.54, 1.807) is 0 Å². The van der Waals surface area contributed by atoms with Gasteiger partial charge in [0.15, 0.2) is 0 Å². The van der Waals surface area contributed by atoms with Crippen molar-refractivity contribution in [3.63, 3.8) is 0 Å². The number of aliphatic hydroxyl groups is 1. The van der Waals surface area contributed by atoms with Gasteiger partial charge in [-0.2, -0.15) is 0 Å². The lowest BCUT2D eigenvalue weighted by Crippen LogP contribution is -2.32. The molecule has 0 heterocycles. The summed E-state index contributed by atoms with van der Waals surface area (Å²) >= 11 is 0. The Kier molecular flexibility index (Phi) is 1.07.